The molecule has 0 saturated heterocycles. The highest BCUT2D eigenvalue weighted by Crippen LogP contribution is 2.39. The van der Waals surface area contributed by atoms with E-state index in [4.69, 9.17) is 5.11 Å². The Balaban J connectivity index is 3.46. The van der Waals surface area contributed by atoms with E-state index in [1.165, 1.54) is 6.07 Å². The molecule has 0 unspecified atom stereocenters. The molecule has 0 aliphatic carbocycles. The fraction of sp³-hybridized carbons (Fsp3) is 0. The van der Waals surface area contributed by atoms with Gasteiger partial charge in [0.2, 0.25) is 0 Å². The summed E-state index contributed by atoms with van der Waals surface area (Å²) in [5.74, 6) is -0.254. The van der Waals surface area contributed by atoms with E-state index in [0.29, 0.717) is 9.79 Å². The van der Waals surface area contributed by atoms with Gasteiger partial charge in [-0.15, -0.1) is 37.9 Å². The molecule has 1 aromatic rings. The Labute approximate surface area is 80.5 Å². The maximum atomic E-state index is 9.21. The van der Waals surface area contributed by atoms with Crippen molar-refractivity contribution in [1.29, 1.82) is 0 Å². The van der Waals surface area contributed by atoms with Gasteiger partial charge in [-0.05, 0) is 6.07 Å². The van der Waals surface area contributed by atoms with Crippen LogP contribution >= 0.6 is 37.9 Å². The topological polar surface area (TPSA) is 40.5 Å². The molecule has 0 radical (unpaired) electrons. The summed E-state index contributed by atoms with van der Waals surface area (Å²) in [5.41, 5.74) is 0. The first-order valence-electron chi connectivity index (χ1n) is 2.70. The molecular formula is C6H6O2S3. The second kappa shape index (κ2) is 3.08. The van der Waals surface area contributed by atoms with Gasteiger partial charge in [-0.25, -0.2) is 0 Å². The molecule has 0 bridgehead atoms. The summed E-state index contributed by atoms with van der Waals surface area (Å²) < 4.78 is 0. The average Bonchev–Trinajstić information content (AvgIpc) is 1.97. The average molecular weight is 206 g/mol. The second-order valence-corrected chi connectivity index (χ2v) is 3.34. The monoisotopic (exact) mass is 206 g/mol. The Morgan fingerprint density at radius 2 is 1.55 bits per heavy atom. The van der Waals surface area contributed by atoms with Gasteiger partial charge in [0.05, 0.1) is 9.79 Å². The van der Waals surface area contributed by atoms with E-state index >= 15 is 0 Å². The third-order valence-electron chi connectivity index (χ3n) is 1.21. The van der Waals surface area contributed by atoms with E-state index in [0.717, 1.165) is 0 Å². The van der Waals surface area contributed by atoms with Gasteiger partial charge in [0.15, 0.2) is 0 Å². The molecule has 0 fully saturated rings. The predicted octanol–water partition coefficient (Wildman–Crippen LogP) is 1.96. The summed E-state index contributed by atoms with van der Waals surface area (Å²) in [6, 6.07) is 1.37. The van der Waals surface area contributed by atoms with Crippen LogP contribution in [0.4, 0.5) is 0 Å². The van der Waals surface area contributed by atoms with Gasteiger partial charge in [0.25, 0.3) is 0 Å². The number of benzene rings is 1. The number of hydrogen-bond acceptors (Lipinski definition) is 5. The van der Waals surface area contributed by atoms with E-state index in [-0.39, 0.29) is 16.4 Å². The molecule has 11 heavy (non-hydrogen) atoms. The van der Waals surface area contributed by atoms with Crippen molar-refractivity contribution in [2.45, 2.75) is 14.7 Å². The fourth-order valence-electron chi connectivity index (χ4n) is 0.621. The Kier molecular flexibility index (Phi) is 2.51. The molecular weight excluding hydrogens is 200 g/mol. The van der Waals surface area contributed by atoms with Gasteiger partial charge in [-0.1, -0.05) is 0 Å². The minimum atomic E-state index is -0.151. The van der Waals surface area contributed by atoms with Crippen molar-refractivity contribution in [1.82, 2.24) is 0 Å². The summed E-state index contributed by atoms with van der Waals surface area (Å²) in [6.07, 6.45) is 0. The van der Waals surface area contributed by atoms with E-state index in [9.17, 15) is 5.11 Å². The summed E-state index contributed by atoms with van der Waals surface area (Å²) in [4.78, 5) is 0.852. The van der Waals surface area contributed by atoms with Gasteiger partial charge >= 0.3 is 0 Å². The van der Waals surface area contributed by atoms with Crippen molar-refractivity contribution >= 4 is 37.9 Å². The largest absolute Gasteiger partial charge is 0.507 e. The Hall–Kier alpha value is -0.130. The number of aromatic hydroxyl groups is 2. The molecule has 0 heterocycles. The van der Waals surface area contributed by atoms with Crippen LogP contribution in [-0.4, -0.2) is 10.2 Å². The van der Waals surface area contributed by atoms with E-state index < -0.39 is 0 Å². The predicted molar refractivity (Wildman–Crippen MR) is 51.5 cm³/mol. The lowest BCUT2D eigenvalue weighted by Gasteiger charge is -2.05. The second-order valence-electron chi connectivity index (χ2n) is 1.96. The molecule has 0 atom stereocenters. The highest BCUT2D eigenvalue weighted by molar-refractivity contribution is 7.83. The first kappa shape index (κ1) is 8.96. The molecule has 60 valence electrons. The van der Waals surface area contributed by atoms with Crippen LogP contribution in [0.15, 0.2) is 20.8 Å². The molecule has 0 aliphatic rings. The van der Waals surface area contributed by atoms with Crippen LogP contribution in [0.3, 0.4) is 0 Å². The molecule has 0 aromatic heterocycles. The molecule has 0 spiro atoms. The maximum absolute atomic E-state index is 9.21. The van der Waals surface area contributed by atoms with Crippen LogP contribution in [0.5, 0.6) is 11.5 Å². The van der Waals surface area contributed by atoms with Crippen molar-refractivity contribution < 1.29 is 10.2 Å². The molecule has 5 heteroatoms. The van der Waals surface area contributed by atoms with Crippen LogP contribution in [0.2, 0.25) is 0 Å². The zero-order chi connectivity index (χ0) is 8.59. The Bertz CT molecular complexity index is 272. The van der Waals surface area contributed by atoms with E-state index in [1.54, 1.807) is 0 Å². The smallest absolute Gasteiger partial charge is 0.147 e. The number of thiol groups is 3. The fourth-order valence-corrected chi connectivity index (χ4v) is 1.29. The van der Waals surface area contributed by atoms with Gasteiger partial charge in [-0.2, -0.15) is 0 Å². The van der Waals surface area contributed by atoms with Crippen molar-refractivity contribution in [3.63, 3.8) is 0 Å². The normalized spacial score (nSPS) is 10.1. The zero-order valence-corrected chi connectivity index (χ0v) is 8.00. The minimum absolute atomic E-state index is 0.103. The van der Waals surface area contributed by atoms with Crippen molar-refractivity contribution in [3.8, 4) is 11.5 Å². The lowest BCUT2D eigenvalue weighted by Crippen LogP contribution is -1.77. The SMILES string of the molecule is Oc1cc(S)c(S)c(O)c1S. The third-order valence-corrected chi connectivity index (χ3v) is 2.63. The molecule has 0 aliphatic heterocycles. The van der Waals surface area contributed by atoms with Crippen LogP contribution < -0.4 is 0 Å². The Morgan fingerprint density at radius 1 is 1.00 bits per heavy atom. The first-order valence-corrected chi connectivity index (χ1v) is 4.04. The van der Waals surface area contributed by atoms with Crippen molar-refractivity contribution in [2.75, 3.05) is 0 Å². The minimum Gasteiger partial charge on any atom is -0.507 e. The van der Waals surface area contributed by atoms with E-state index in [2.05, 4.69) is 37.9 Å². The molecule has 1 aromatic carbocycles. The van der Waals surface area contributed by atoms with Gasteiger partial charge in [-0.3, -0.25) is 0 Å². The maximum Gasteiger partial charge on any atom is 0.147 e. The van der Waals surface area contributed by atoms with Gasteiger partial charge in [0, 0.05) is 4.90 Å². The molecule has 0 saturated carbocycles. The molecule has 0 amide bonds. The molecule has 1 rings (SSSR count). The molecule has 2 N–H and O–H groups in total. The van der Waals surface area contributed by atoms with Crippen molar-refractivity contribution in [2.24, 2.45) is 0 Å². The van der Waals surface area contributed by atoms with Gasteiger partial charge < -0.3 is 10.2 Å². The summed E-state index contributed by atoms with van der Waals surface area (Å²) >= 11 is 11.7. The first-order chi connectivity index (χ1) is 5.04. The number of rotatable bonds is 0. The lowest BCUT2D eigenvalue weighted by molar-refractivity contribution is 0.415. The molecule has 2 nitrogen and oxygen atoms in total. The van der Waals surface area contributed by atoms with Crippen LogP contribution in [0.25, 0.3) is 0 Å². The van der Waals surface area contributed by atoms with E-state index in [1.807, 2.05) is 0 Å². The van der Waals surface area contributed by atoms with Crippen molar-refractivity contribution in [3.05, 3.63) is 6.07 Å². The number of phenolic OH excluding ortho intramolecular Hbond substituents is 2. The summed E-state index contributed by atoms with van der Waals surface area (Å²) in [6.45, 7) is 0. The number of hydrogen-bond donors (Lipinski definition) is 5. The zero-order valence-electron chi connectivity index (χ0n) is 5.31. The highest BCUT2D eigenvalue weighted by atomic mass is 32.1. The standard InChI is InChI=1S/C6H6O2S3/c7-2-1-3(9)6(11)4(8)5(2)10/h1,7-11H. The number of phenols is 2. The highest BCUT2D eigenvalue weighted by Gasteiger charge is 2.09. The summed E-state index contributed by atoms with van der Waals surface area (Å²) in [7, 11) is 0. The van der Waals surface area contributed by atoms with Crippen LogP contribution in [0.1, 0.15) is 0 Å². The van der Waals surface area contributed by atoms with Crippen LogP contribution in [-0.2, 0) is 0 Å². The lowest BCUT2D eigenvalue weighted by atomic mass is 10.3. The summed E-state index contributed by atoms with van der Waals surface area (Å²) in [5, 5.41) is 18.3. The van der Waals surface area contributed by atoms with Gasteiger partial charge in [0.1, 0.15) is 11.5 Å². The Morgan fingerprint density at radius 3 is 2.09 bits per heavy atom. The third kappa shape index (κ3) is 1.55. The van der Waals surface area contributed by atoms with Crippen LogP contribution in [0, 0.1) is 0 Å². The quantitative estimate of drug-likeness (QED) is 0.421.